The van der Waals surface area contributed by atoms with E-state index in [1.54, 1.807) is 20.2 Å². The Balaban J connectivity index is 2.11. The fourth-order valence-electron chi connectivity index (χ4n) is 2.78. The molecule has 0 atom stereocenters. The molecule has 0 spiro atoms. The molecule has 0 aliphatic carbocycles. The lowest BCUT2D eigenvalue weighted by Crippen LogP contribution is -2.10. The number of carbonyl (C=O) groups is 1. The maximum Gasteiger partial charge on any atom is 0.341 e. The molecule has 0 radical (unpaired) electrons. The minimum absolute atomic E-state index is 0.298. The number of aromatic nitrogens is 1. The summed E-state index contributed by atoms with van der Waals surface area (Å²) in [7, 11) is 5.59. The van der Waals surface area contributed by atoms with E-state index in [1.165, 1.54) is 0 Å². The molecule has 0 unspecified atom stereocenters. The van der Waals surface area contributed by atoms with Crippen molar-refractivity contribution in [3.8, 4) is 5.75 Å². The van der Waals surface area contributed by atoms with Gasteiger partial charge in [-0.25, -0.2) is 4.79 Å². The Labute approximate surface area is 158 Å². The van der Waals surface area contributed by atoms with Crippen LogP contribution >= 0.6 is 0 Å². The lowest BCUT2D eigenvalue weighted by molar-refractivity contribution is 0.0527. The van der Waals surface area contributed by atoms with E-state index in [2.05, 4.69) is 10.3 Å². The highest BCUT2D eigenvalue weighted by atomic mass is 16.5. The van der Waals surface area contributed by atoms with Gasteiger partial charge in [-0.15, -0.1) is 0 Å². The van der Waals surface area contributed by atoms with Gasteiger partial charge in [-0.05, 0) is 49.4 Å². The number of esters is 1. The largest absolute Gasteiger partial charge is 0.497 e. The highest BCUT2D eigenvalue weighted by Crippen LogP contribution is 2.32. The summed E-state index contributed by atoms with van der Waals surface area (Å²) in [5.41, 5.74) is 3.74. The lowest BCUT2D eigenvalue weighted by Gasteiger charge is -2.16. The summed E-state index contributed by atoms with van der Waals surface area (Å²) in [6.45, 7) is 2.08. The number of benzene rings is 2. The van der Waals surface area contributed by atoms with Crippen LogP contribution in [0.5, 0.6) is 5.75 Å². The summed E-state index contributed by atoms with van der Waals surface area (Å²) in [6, 6.07) is 13.5. The van der Waals surface area contributed by atoms with Crippen LogP contribution in [0.4, 0.5) is 17.1 Å². The van der Waals surface area contributed by atoms with Crippen LogP contribution in [-0.2, 0) is 4.74 Å². The van der Waals surface area contributed by atoms with Crippen LogP contribution in [0.15, 0.2) is 48.7 Å². The Morgan fingerprint density at radius 1 is 1.15 bits per heavy atom. The number of ether oxygens (including phenoxy) is 2. The van der Waals surface area contributed by atoms with Crippen LogP contribution in [-0.4, -0.2) is 38.8 Å². The molecule has 1 N–H and O–H groups in total. The van der Waals surface area contributed by atoms with Gasteiger partial charge in [0.2, 0.25) is 0 Å². The normalized spacial score (nSPS) is 10.5. The summed E-state index contributed by atoms with van der Waals surface area (Å²) in [4.78, 5) is 18.9. The van der Waals surface area contributed by atoms with E-state index in [9.17, 15) is 4.79 Å². The minimum Gasteiger partial charge on any atom is -0.497 e. The van der Waals surface area contributed by atoms with Gasteiger partial charge in [0.1, 0.15) is 11.3 Å². The monoisotopic (exact) mass is 365 g/mol. The fourth-order valence-corrected chi connectivity index (χ4v) is 2.78. The van der Waals surface area contributed by atoms with Crippen molar-refractivity contribution in [1.29, 1.82) is 0 Å². The van der Waals surface area contributed by atoms with E-state index in [1.807, 2.05) is 61.5 Å². The Bertz CT molecular complexity index is 953. The SMILES string of the molecule is CCOC(=O)c1cnc2ccc(OC)cc2c1Nc1ccc(N(C)C)cc1. The van der Waals surface area contributed by atoms with Crippen molar-refractivity contribution >= 4 is 33.9 Å². The number of carbonyl (C=O) groups excluding carboxylic acids is 1. The zero-order chi connectivity index (χ0) is 19.4. The first-order valence-electron chi connectivity index (χ1n) is 8.71. The van der Waals surface area contributed by atoms with Crippen molar-refractivity contribution in [2.24, 2.45) is 0 Å². The fraction of sp³-hybridized carbons (Fsp3) is 0.238. The molecular weight excluding hydrogens is 342 g/mol. The molecule has 27 heavy (non-hydrogen) atoms. The Hall–Kier alpha value is -3.28. The van der Waals surface area contributed by atoms with Crippen LogP contribution in [0.3, 0.4) is 0 Å². The smallest absolute Gasteiger partial charge is 0.341 e. The Morgan fingerprint density at radius 2 is 1.89 bits per heavy atom. The van der Waals surface area contributed by atoms with Crippen LogP contribution in [0.25, 0.3) is 10.9 Å². The minimum atomic E-state index is -0.415. The lowest BCUT2D eigenvalue weighted by atomic mass is 10.1. The number of pyridine rings is 1. The highest BCUT2D eigenvalue weighted by Gasteiger charge is 2.17. The molecule has 2 aromatic carbocycles. The maximum atomic E-state index is 12.5. The van der Waals surface area contributed by atoms with E-state index in [0.29, 0.717) is 23.6 Å². The third kappa shape index (κ3) is 3.95. The third-order valence-corrected chi connectivity index (χ3v) is 4.22. The molecule has 0 saturated carbocycles. The summed E-state index contributed by atoms with van der Waals surface area (Å²) in [6.07, 6.45) is 1.54. The van der Waals surface area contributed by atoms with Crippen molar-refractivity contribution in [2.75, 3.05) is 38.0 Å². The van der Waals surface area contributed by atoms with E-state index >= 15 is 0 Å². The summed E-state index contributed by atoms with van der Waals surface area (Å²) in [5.74, 6) is 0.276. The topological polar surface area (TPSA) is 63.7 Å². The van der Waals surface area contributed by atoms with Gasteiger partial charge in [-0.1, -0.05) is 0 Å². The quantitative estimate of drug-likeness (QED) is 0.660. The molecule has 0 amide bonds. The van der Waals surface area contributed by atoms with Gasteiger partial charge < -0.3 is 19.7 Å². The van der Waals surface area contributed by atoms with Crippen molar-refractivity contribution < 1.29 is 14.3 Å². The number of hydrogen-bond donors (Lipinski definition) is 1. The number of fused-ring (bicyclic) bond motifs is 1. The van der Waals surface area contributed by atoms with Gasteiger partial charge in [0.15, 0.2) is 0 Å². The van der Waals surface area contributed by atoms with Crippen molar-refractivity contribution in [2.45, 2.75) is 6.92 Å². The number of anilines is 3. The summed E-state index contributed by atoms with van der Waals surface area (Å²) >= 11 is 0. The molecule has 1 aromatic heterocycles. The average Bonchev–Trinajstić information content (AvgIpc) is 2.68. The van der Waals surface area contributed by atoms with E-state index in [0.717, 1.165) is 22.3 Å². The number of rotatable bonds is 6. The van der Waals surface area contributed by atoms with Crippen LogP contribution in [0.1, 0.15) is 17.3 Å². The standard InChI is InChI=1S/C21H23N3O3/c1-5-27-21(25)18-13-22-19-11-10-16(26-4)12-17(19)20(18)23-14-6-8-15(9-7-14)24(2)3/h6-13H,5H2,1-4H3,(H,22,23). The molecule has 0 aliphatic heterocycles. The predicted octanol–water partition coefficient (Wildman–Crippen LogP) is 4.23. The second-order valence-corrected chi connectivity index (χ2v) is 6.22. The second-order valence-electron chi connectivity index (χ2n) is 6.22. The first-order valence-corrected chi connectivity index (χ1v) is 8.71. The molecule has 1 heterocycles. The molecule has 3 rings (SSSR count). The summed E-state index contributed by atoms with van der Waals surface area (Å²) < 4.78 is 10.5. The summed E-state index contributed by atoms with van der Waals surface area (Å²) in [5, 5.41) is 4.15. The van der Waals surface area contributed by atoms with Gasteiger partial charge in [-0.3, -0.25) is 4.98 Å². The van der Waals surface area contributed by atoms with Crippen molar-refractivity contribution in [1.82, 2.24) is 4.98 Å². The molecule has 6 nitrogen and oxygen atoms in total. The molecule has 140 valence electrons. The molecule has 0 fully saturated rings. The van der Waals surface area contributed by atoms with Crippen molar-refractivity contribution in [3.63, 3.8) is 0 Å². The number of nitrogens with zero attached hydrogens (tertiary/aromatic N) is 2. The first kappa shape index (κ1) is 18.5. The third-order valence-electron chi connectivity index (χ3n) is 4.22. The average molecular weight is 365 g/mol. The second kappa shape index (κ2) is 7.95. The highest BCUT2D eigenvalue weighted by molar-refractivity contribution is 6.06. The zero-order valence-corrected chi connectivity index (χ0v) is 15.9. The van der Waals surface area contributed by atoms with Gasteiger partial charge in [0.25, 0.3) is 0 Å². The Morgan fingerprint density at radius 3 is 2.52 bits per heavy atom. The first-order chi connectivity index (χ1) is 13.0. The molecular formula is C21H23N3O3. The zero-order valence-electron chi connectivity index (χ0n) is 15.9. The predicted molar refractivity (Wildman–Crippen MR) is 108 cm³/mol. The number of hydrogen-bond acceptors (Lipinski definition) is 6. The number of methoxy groups -OCH3 is 1. The maximum absolute atomic E-state index is 12.5. The van der Waals surface area contributed by atoms with E-state index < -0.39 is 5.97 Å². The molecule has 0 aliphatic rings. The molecule has 0 bridgehead atoms. The van der Waals surface area contributed by atoms with E-state index in [-0.39, 0.29) is 0 Å². The van der Waals surface area contributed by atoms with Gasteiger partial charge in [-0.2, -0.15) is 0 Å². The van der Waals surface area contributed by atoms with E-state index in [4.69, 9.17) is 9.47 Å². The Kier molecular flexibility index (Phi) is 5.45. The molecule has 3 aromatic rings. The van der Waals surface area contributed by atoms with Gasteiger partial charge >= 0.3 is 5.97 Å². The van der Waals surface area contributed by atoms with Gasteiger partial charge in [0.05, 0.1) is 24.9 Å². The van der Waals surface area contributed by atoms with Crippen LogP contribution in [0.2, 0.25) is 0 Å². The van der Waals surface area contributed by atoms with Crippen LogP contribution < -0.4 is 15.0 Å². The van der Waals surface area contributed by atoms with Crippen molar-refractivity contribution in [3.05, 3.63) is 54.2 Å². The van der Waals surface area contributed by atoms with Gasteiger partial charge in [0, 0.05) is 37.1 Å². The van der Waals surface area contributed by atoms with Crippen LogP contribution in [0, 0.1) is 0 Å². The number of nitrogens with one attached hydrogen (secondary N) is 1. The molecule has 6 heteroatoms. The molecule has 0 saturated heterocycles.